The van der Waals surface area contributed by atoms with E-state index in [0.717, 1.165) is 24.1 Å². The van der Waals surface area contributed by atoms with Gasteiger partial charge >= 0.3 is 0 Å². The molecule has 3 aromatic rings. The van der Waals surface area contributed by atoms with Gasteiger partial charge in [-0.2, -0.15) is 0 Å². The first-order valence-electron chi connectivity index (χ1n) is 11.1. The van der Waals surface area contributed by atoms with Crippen LogP contribution in [-0.2, 0) is 11.2 Å². The summed E-state index contributed by atoms with van der Waals surface area (Å²) in [5, 5.41) is 2.77. The molecule has 0 radical (unpaired) electrons. The third kappa shape index (κ3) is 5.12. The molecule has 2 amide bonds. The number of halogens is 1. The maximum Gasteiger partial charge on any atom is 0.258 e. The van der Waals surface area contributed by atoms with Crippen LogP contribution < -0.4 is 10.2 Å². The molecular weight excluding hydrogens is 417 g/mol. The molecule has 1 N–H and O–H groups in total. The van der Waals surface area contributed by atoms with Crippen molar-refractivity contribution < 1.29 is 14.0 Å². The Morgan fingerprint density at radius 3 is 2.42 bits per heavy atom. The average Bonchev–Trinajstić information content (AvgIpc) is 3.00. The van der Waals surface area contributed by atoms with E-state index in [4.69, 9.17) is 0 Å². The largest absolute Gasteiger partial charge is 0.326 e. The minimum absolute atomic E-state index is 0.0506. The zero-order valence-corrected chi connectivity index (χ0v) is 18.9. The van der Waals surface area contributed by atoms with Crippen LogP contribution in [0.5, 0.6) is 0 Å². The van der Waals surface area contributed by atoms with Crippen molar-refractivity contribution in [3.63, 3.8) is 0 Å². The van der Waals surface area contributed by atoms with E-state index in [9.17, 15) is 14.0 Å². The Hall–Kier alpha value is -3.51. The number of carbonyl (C=O) groups excluding carboxylic acids is 2. The molecule has 0 aromatic heterocycles. The standard InChI is InChI=1S/C27H28FN3O2/c1-30(2)24-12-7-17-31(25-11-6-4-9-22(24)25)27(33)19-13-15-21(16-14-19)29-26(32)18-20-8-3-5-10-23(20)28/h3-6,8-11,13-16,24H,7,12,17-18H2,1-2H3,(H,29,32). The van der Waals surface area contributed by atoms with Crippen LogP contribution in [0.3, 0.4) is 0 Å². The molecule has 0 spiro atoms. The highest BCUT2D eigenvalue weighted by molar-refractivity contribution is 6.07. The van der Waals surface area contributed by atoms with Crippen molar-refractivity contribution in [3.8, 4) is 0 Å². The van der Waals surface area contributed by atoms with Crippen molar-refractivity contribution in [2.45, 2.75) is 25.3 Å². The van der Waals surface area contributed by atoms with E-state index in [0.29, 0.717) is 23.4 Å². The third-order valence-corrected chi connectivity index (χ3v) is 6.04. The Balaban J connectivity index is 1.48. The van der Waals surface area contributed by atoms with E-state index in [1.165, 1.54) is 6.07 Å². The molecule has 1 heterocycles. The number of nitrogens with one attached hydrogen (secondary N) is 1. The highest BCUT2D eigenvalue weighted by Crippen LogP contribution is 2.36. The molecule has 6 heteroatoms. The number of nitrogens with zero attached hydrogens (tertiary/aromatic N) is 2. The van der Waals surface area contributed by atoms with Crippen LogP contribution in [0.15, 0.2) is 72.8 Å². The summed E-state index contributed by atoms with van der Waals surface area (Å²) in [6.45, 7) is 0.654. The molecule has 1 unspecified atom stereocenters. The maximum absolute atomic E-state index is 13.8. The summed E-state index contributed by atoms with van der Waals surface area (Å²) in [4.78, 5) is 29.7. The van der Waals surface area contributed by atoms with E-state index in [1.807, 2.05) is 23.1 Å². The number of para-hydroxylation sites is 1. The smallest absolute Gasteiger partial charge is 0.258 e. The fourth-order valence-corrected chi connectivity index (χ4v) is 4.35. The van der Waals surface area contributed by atoms with Crippen LogP contribution in [0.4, 0.5) is 15.8 Å². The van der Waals surface area contributed by atoms with Crippen LogP contribution >= 0.6 is 0 Å². The topological polar surface area (TPSA) is 52.6 Å². The van der Waals surface area contributed by atoms with E-state index >= 15 is 0 Å². The Kier molecular flexibility index (Phi) is 6.84. The zero-order valence-electron chi connectivity index (χ0n) is 18.9. The summed E-state index contributed by atoms with van der Waals surface area (Å²) >= 11 is 0. The van der Waals surface area contributed by atoms with E-state index in [1.54, 1.807) is 42.5 Å². The van der Waals surface area contributed by atoms with Gasteiger partial charge in [0.15, 0.2) is 0 Å². The molecule has 1 atom stereocenters. The summed E-state index contributed by atoms with van der Waals surface area (Å²) in [5.74, 6) is -0.774. The number of rotatable bonds is 5. The van der Waals surface area contributed by atoms with Gasteiger partial charge in [-0.1, -0.05) is 36.4 Å². The first-order valence-corrected chi connectivity index (χ1v) is 11.1. The number of fused-ring (bicyclic) bond motifs is 1. The quantitative estimate of drug-likeness (QED) is 0.598. The van der Waals surface area contributed by atoms with E-state index in [-0.39, 0.29) is 24.3 Å². The number of carbonyl (C=O) groups is 2. The van der Waals surface area contributed by atoms with Crippen LogP contribution in [0.25, 0.3) is 0 Å². The average molecular weight is 446 g/mol. The number of anilines is 2. The number of amides is 2. The Bertz CT molecular complexity index is 1140. The molecule has 1 aliphatic rings. The Morgan fingerprint density at radius 1 is 1.00 bits per heavy atom. The predicted octanol–water partition coefficient (Wildman–Crippen LogP) is 5.05. The van der Waals surface area contributed by atoms with Crippen molar-refractivity contribution >= 4 is 23.2 Å². The highest BCUT2D eigenvalue weighted by Gasteiger charge is 2.27. The molecule has 0 saturated heterocycles. The van der Waals surface area contributed by atoms with Crippen molar-refractivity contribution in [1.29, 1.82) is 0 Å². The van der Waals surface area contributed by atoms with Crippen LogP contribution in [0.2, 0.25) is 0 Å². The lowest BCUT2D eigenvalue weighted by atomic mass is 10.0. The van der Waals surface area contributed by atoms with Gasteiger partial charge in [0.1, 0.15) is 5.82 Å². The van der Waals surface area contributed by atoms with Crippen molar-refractivity contribution in [2.75, 3.05) is 30.9 Å². The minimum atomic E-state index is -0.400. The fourth-order valence-electron chi connectivity index (χ4n) is 4.35. The summed E-state index contributed by atoms with van der Waals surface area (Å²) < 4.78 is 13.8. The molecule has 4 rings (SSSR count). The van der Waals surface area contributed by atoms with Crippen molar-refractivity contribution in [3.05, 3.63) is 95.3 Å². The molecule has 1 aliphatic heterocycles. The Morgan fingerprint density at radius 2 is 1.70 bits per heavy atom. The molecular formula is C27H28FN3O2. The maximum atomic E-state index is 13.8. The molecule has 3 aromatic carbocycles. The summed E-state index contributed by atoms with van der Waals surface area (Å²) in [6.07, 6.45) is 1.85. The molecule has 0 fully saturated rings. The van der Waals surface area contributed by atoms with Gasteiger partial charge in [-0.3, -0.25) is 9.59 Å². The van der Waals surface area contributed by atoms with Gasteiger partial charge in [-0.15, -0.1) is 0 Å². The van der Waals surface area contributed by atoms with Crippen molar-refractivity contribution in [1.82, 2.24) is 4.90 Å². The van der Waals surface area contributed by atoms with Gasteiger partial charge in [-0.05, 0) is 74.5 Å². The normalized spacial score (nSPS) is 15.6. The van der Waals surface area contributed by atoms with Crippen LogP contribution in [0, 0.1) is 5.82 Å². The van der Waals surface area contributed by atoms with Crippen LogP contribution in [0.1, 0.15) is 40.4 Å². The highest BCUT2D eigenvalue weighted by atomic mass is 19.1. The van der Waals surface area contributed by atoms with E-state index in [2.05, 4.69) is 30.4 Å². The summed E-state index contributed by atoms with van der Waals surface area (Å²) in [6, 6.07) is 21.4. The molecule has 170 valence electrons. The molecule has 5 nitrogen and oxygen atoms in total. The first kappa shape index (κ1) is 22.7. The number of benzene rings is 3. The predicted molar refractivity (Wildman–Crippen MR) is 129 cm³/mol. The zero-order chi connectivity index (χ0) is 23.4. The molecule has 0 aliphatic carbocycles. The second-order valence-electron chi connectivity index (χ2n) is 8.53. The number of hydrogen-bond acceptors (Lipinski definition) is 3. The fraction of sp³-hybridized carbons (Fsp3) is 0.259. The van der Waals surface area contributed by atoms with E-state index < -0.39 is 5.82 Å². The summed E-state index contributed by atoms with van der Waals surface area (Å²) in [7, 11) is 4.14. The second-order valence-corrected chi connectivity index (χ2v) is 8.53. The van der Waals surface area contributed by atoms with Gasteiger partial charge < -0.3 is 15.1 Å². The second kappa shape index (κ2) is 9.96. The van der Waals surface area contributed by atoms with Gasteiger partial charge in [0.05, 0.1) is 6.42 Å². The summed E-state index contributed by atoms with van der Waals surface area (Å²) in [5.41, 5.74) is 3.57. The minimum Gasteiger partial charge on any atom is -0.326 e. The lowest BCUT2D eigenvalue weighted by Crippen LogP contribution is -2.31. The van der Waals surface area contributed by atoms with Gasteiger partial charge in [0, 0.05) is 29.5 Å². The lowest BCUT2D eigenvalue weighted by molar-refractivity contribution is -0.115. The molecule has 33 heavy (non-hydrogen) atoms. The van der Waals surface area contributed by atoms with Gasteiger partial charge in [0.25, 0.3) is 5.91 Å². The third-order valence-electron chi connectivity index (χ3n) is 6.04. The van der Waals surface area contributed by atoms with Gasteiger partial charge in [0.2, 0.25) is 5.91 Å². The lowest BCUT2D eigenvalue weighted by Gasteiger charge is -2.27. The monoisotopic (exact) mass is 445 g/mol. The molecule has 0 saturated carbocycles. The SMILES string of the molecule is CN(C)C1CCCN(C(=O)c2ccc(NC(=O)Cc3ccccc3F)cc2)c2ccccc21. The van der Waals surface area contributed by atoms with Crippen molar-refractivity contribution in [2.24, 2.45) is 0 Å². The first-order chi connectivity index (χ1) is 15.9. The Labute approximate surface area is 193 Å². The number of hydrogen-bond donors (Lipinski definition) is 1. The van der Waals surface area contributed by atoms with Crippen LogP contribution in [-0.4, -0.2) is 37.4 Å². The van der Waals surface area contributed by atoms with Gasteiger partial charge in [-0.25, -0.2) is 4.39 Å². The molecule has 0 bridgehead atoms.